The van der Waals surface area contributed by atoms with Gasteiger partial charge in [0.25, 0.3) is 0 Å². The number of ether oxygens (including phenoxy) is 2. The highest BCUT2D eigenvalue weighted by atomic mass is 35.5. The Morgan fingerprint density at radius 2 is 1.71 bits per heavy atom. The molecule has 2 aromatic rings. The predicted molar refractivity (Wildman–Crippen MR) is 94.8 cm³/mol. The summed E-state index contributed by atoms with van der Waals surface area (Å²) in [5.74, 6) is 1.31. The molecule has 8 heteroatoms. The van der Waals surface area contributed by atoms with Gasteiger partial charge in [-0.25, -0.2) is 13.1 Å². The molecule has 130 valence electrons. The lowest BCUT2D eigenvalue weighted by atomic mass is 10.3. The highest BCUT2D eigenvalue weighted by molar-refractivity contribution is 7.89. The quantitative estimate of drug-likeness (QED) is 0.698. The highest BCUT2D eigenvalue weighted by Crippen LogP contribution is 2.24. The van der Waals surface area contributed by atoms with Crippen LogP contribution in [-0.2, 0) is 10.0 Å². The third kappa shape index (κ3) is 5.27. The smallest absolute Gasteiger partial charge is 0.240 e. The molecule has 24 heavy (non-hydrogen) atoms. The topological polar surface area (TPSA) is 64.6 Å². The van der Waals surface area contributed by atoms with E-state index in [2.05, 4.69) is 4.72 Å². The molecule has 5 nitrogen and oxygen atoms in total. The summed E-state index contributed by atoms with van der Waals surface area (Å²) in [6.07, 6.45) is 0. The summed E-state index contributed by atoms with van der Waals surface area (Å²) in [5.41, 5.74) is 0. The molecule has 0 aromatic heterocycles. The van der Waals surface area contributed by atoms with Gasteiger partial charge in [0.2, 0.25) is 10.0 Å². The monoisotopic (exact) mass is 389 g/mol. The van der Waals surface area contributed by atoms with Crippen molar-refractivity contribution >= 4 is 33.2 Å². The molecule has 0 unspecified atom stereocenters. The standard InChI is InChI=1S/C16H17Cl2NO4S/c1-2-22-12-4-3-5-13(10-12)23-9-8-19-24(20,21)14-6-7-15(17)16(18)11-14/h3-7,10-11,19H,2,8-9H2,1H3. The number of hydrogen-bond acceptors (Lipinski definition) is 4. The van der Waals surface area contributed by atoms with Crippen LogP contribution in [0.2, 0.25) is 10.0 Å². The molecular weight excluding hydrogens is 373 g/mol. The number of halogens is 2. The molecule has 0 atom stereocenters. The zero-order valence-electron chi connectivity index (χ0n) is 13.0. The van der Waals surface area contributed by atoms with Crippen LogP contribution in [0.15, 0.2) is 47.4 Å². The summed E-state index contributed by atoms with van der Waals surface area (Å²) < 4.78 is 37.6. The number of benzene rings is 2. The first kappa shape index (κ1) is 18.9. The minimum Gasteiger partial charge on any atom is -0.494 e. The van der Waals surface area contributed by atoms with Crippen LogP contribution in [0.4, 0.5) is 0 Å². The molecule has 0 aliphatic heterocycles. The van der Waals surface area contributed by atoms with Crippen LogP contribution in [0.5, 0.6) is 11.5 Å². The van der Waals surface area contributed by atoms with Gasteiger partial charge >= 0.3 is 0 Å². The van der Waals surface area contributed by atoms with Crippen LogP contribution in [-0.4, -0.2) is 28.2 Å². The van der Waals surface area contributed by atoms with Crippen molar-refractivity contribution in [3.63, 3.8) is 0 Å². The van der Waals surface area contributed by atoms with E-state index in [-0.39, 0.29) is 23.1 Å². The van der Waals surface area contributed by atoms with Crippen LogP contribution >= 0.6 is 23.2 Å². The molecule has 2 aromatic carbocycles. The molecule has 0 amide bonds. The Balaban J connectivity index is 1.89. The maximum Gasteiger partial charge on any atom is 0.240 e. The first-order chi connectivity index (χ1) is 11.4. The van der Waals surface area contributed by atoms with E-state index in [1.54, 1.807) is 18.2 Å². The van der Waals surface area contributed by atoms with Crippen LogP contribution in [0.3, 0.4) is 0 Å². The molecule has 0 radical (unpaired) electrons. The van der Waals surface area contributed by atoms with Crippen LogP contribution in [0.25, 0.3) is 0 Å². The SMILES string of the molecule is CCOc1cccc(OCCNS(=O)(=O)c2ccc(Cl)c(Cl)c2)c1. The summed E-state index contributed by atoms with van der Waals surface area (Å²) in [4.78, 5) is 0.0512. The van der Waals surface area contributed by atoms with E-state index in [0.29, 0.717) is 23.1 Å². The molecule has 0 spiro atoms. The Morgan fingerprint density at radius 1 is 1.00 bits per heavy atom. The zero-order valence-corrected chi connectivity index (χ0v) is 15.3. The van der Waals surface area contributed by atoms with Gasteiger partial charge in [-0.2, -0.15) is 0 Å². The molecule has 0 bridgehead atoms. The number of nitrogens with one attached hydrogen (secondary N) is 1. The van der Waals surface area contributed by atoms with Crippen LogP contribution in [0, 0.1) is 0 Å². The molecule has 0 fully saturated rings. The second kappa shape index (κ2) is 8.58. The van der Waals surface area contributed by atoms with Crippen molar-refractivity contribution < 1.29 is 17.9 Å². The van der Waals surface area contributed by atoms with Gasteiger partial charge in [-0.05, 0) is 37.3 Å². The largest absolute Gasteiger partial charge is 0.494 e. The Morgan fingerprint density at radius 3 is 2.38 bits per heavy atom. The van der Waals surface area contributed by atoms with E-state index in [4.69, 9.17) is 32.7 Å². The number of sulfonamides is 1. The predicted octanol–water partition coefficient (Wildman–Crippen LogP) is 3.75. The van der Waals surface area contributed by atoms with Crippen molar-refractivity contribution in [2.45, 2.75) is 11.8 Å². The van der Waals surface area contributed by atoms with Crippen molar-refractivity contribution in [1.29, 1.82) is 0 Å². The summed E-state index contributed by atoms with van der Waals surface area (Å²) in [6.45, 7) is 2.75. The van der Waals surface area contributed by atoms with Gasteiger partial charge in [0.05, 0.1) is 21.5 Å². The molecule has 1 N–H and O–H groups in total. The average molecular weight is 390 g/mol. The van der Waals surface area contributed by atoms with Gasteiger partial charge in [-0.3, -0.25) is 0 Å². The summed E-state index contributed by atoms with van der Waals surface area (Å²) in [5, 5.41) is 0.483. The molecule has 0 aliphatic carbocycles. The van der Waals surface area contributed by atoms with Gasteiger partial charge in [0.15, 0.2) is 0 Å². The zero-order chi connectivity index (χ0) is 17.6. The molecule has 0 heterocycles. The fraction of sp³-hybridized carbons (Fsp3) is 0.250. The van der Waals surface area contributed by atoms with Crippen molar-refractivity contribution in [1.82, 2.24) is 4.72 Å². The van der Waals surface area contributed by atoms with Gasteiger partial charge in [0, 0.05) is 12.6 Å². The van der Waals surface area contributed by atoms with Crippen LogP contribution < -0.4 is 14.2 Å². The lowest BCUT2D eigenvalue weighted by Gasteiger charge is -2.10. The summed E-state index contributed by atoms with van der Waals surface area (Å²) in [6, 6.07) is 11.3. The normalized spacial score (nSPS) is 11.3. The van der Waals surface area contributed by atoms with E-state index < -0.39 is 10.0 Å². The highest BCUT2D eigenvalue weighted by Gasteiger charge is 2.14. The van der Waals surface area contributed by atoms with E-state index in [1.165, 1.54) is 18.2 Å². The molecule has 0 aliphatic rings. The fourth-order valence-electron chi connectivity index (χ4n) is 1.89. The maximum atomic E-state index is 12.2. The number of hydrogen-bond donors (Lipinski definition) is 1. The third-order valence-corrected chi connectivity index (χ3v) is 5.18. The van der Waals surface area contributed by atoms with E-state index in [0.717, 1.165) is 0 Å². The fourth-order valence-corrected chi connectivity index (χ4v) is 3.29. The molecule has 2 rings (SSSR count). The number of rotatable bonds is 8. The van der Waals surface area contributed by atoms with Gasteiger partial charge in [0.1, 0.15) is 18.1 Å². The molecule has 0 saturated carbocycles. The van der Waals surface area contributed by atoms with Crippen molar-refractivity contribution in [2.75, 3.05) is 19.8 Å². The summed E-state index contributed by atoms with van der Waals surface area (Å²) in [7, 11) is -3.67. The Kier molecular flexibility index (Phi) is 6.74. The second-order valence-electron chi connectivity index (χ2n) is 4.73. The molecule has 0 saturated heterocycles. The van der Waals surface area contributed by atoms with Gasteiger partial charge in [-0.1, -0.05) is 29.3 Å². The van der Waals surface area contributed by atoms with Crippen molar-refractivity contribution in [2.24, 2.45) is 0 Å². The Hall–Kier alpha value is -1.47. The van der Waals surface area contributed by atoms with Crippen molar-refractivity contribution in [3.05, 3.63) is 52.5 Å². The first-order valence-corrected chi connectivity index (χ1v) is 9.46. The van der Waals surface area contributed by atoms with Gasteiger partial charge in [-0.15, -0.1) is 0 Å². The van der Waals surface area contributed by atoms with E-state index >= 15 is 0 Å². The lowest BCUT2D eigenvalue weighted by Crippen LogP contribution is -2.28. The van der Waals surface area contributed by atoms with Gasteiger partial charge < -0.3 is 9.47 Å². The Bertz CT molecular complexity index is 796. The van der Waals surface area contributed by atoms with Crippen LogP contribution in [0.1, 0.15) is 6.92 Å². The minimum absolute atomic E-state index is 0.0512. The molecular formula is C16H17Cl2NO4S. The van der Waals surface area contributed by atoms with Crippen molar-refractivity contribution in [3.8, 4) is 11.5 Å². The summed E-state index contributed by atoms with van der Waals surface area (Å²) >= 11 is 11.6. The maximum absolute atomic E-state index is 12.2. The first-order valence-electron chi connectivity index (χ1n) is 7.23. The lowest BCUT2D eigenvalue weighted by molar-refractivity contribution is 0.313. The third-order valence-electron chi connectivity index (χ3n) is 2.98. The van der Waals surface area contributed by atoms with E-state index in [1.807, 2.05) is 13.0 Å². The Labute approximate surface area is 151 Å². The minimum atomic E-state index is -3.67. The second-order valence-corrected chi connectivity index (χ2v) is 7.31. The van der Waals surface area contributed by atoms with E-state index in [9.17, 15) is 8.42 Å². The average Bonchev–Trinajstić information content (AvgIpc) is 2.55.